The van der Waals surface area contributed by atoms with Gasteiger partial charge in [-0.1, -0.05) is 91.0 Å². The van der Waals surface area contributed by atoms with Gasteiger partial charge >= 0.3 is 0 Å². The minimum absolute atomic E-state index is 0.271. The van der Waals surface area contributed by atoms with Gasteiger partial charge < -0.3 is 15.6 Å². The highest BCUT2D eigenvalue weighted by Crippen LogP contribution is 2.46. The van der Waals surface area contributed by atoms with Crippen LogP contribution in [0.1, 0.15) is 18.5 Å². The van der Waals surface area contributed by atoms with E-state index >= 15 is 0 Å². The molecule has 0 saturated carbocycles. The summed E-state index contributed by atoms with van der Waals surface area (Å²) in [6.07, 6.45) is -0.947. The number of aliphatic hydroxyl groups is 1. The Kier molecular flexibility index (Phi) is 7.14. The van der Waals surface area contributed by atoms with Gasteiger partial charge in [0.1, 0.15) is 0 Å². The molecule has 140 valence electrons. The Bertz CT molecular complexity index is 759. The van der Waals surface area contributed by atoms with Crippen LogP contribution in [-0.2, 0) is 4.74 Å². The Morgan fingerprint density at radius 1 is 0.815 bits per heavy atom. The summed E-state index contributed by atoms with van der Waals surface area (Å²) in [4.78, 5) is 0. The first-order valence-electron chi connectivity index (χ1n) is 9.22. The van der Waals surface area contributed by atoms with Crippen molar-refractivity contribution in [1.29, 1.82) is 0 Å². The minimum Gasteiger partial charge on any atom is -0.367 e. The van der Waals surface area contributed by atoms with Crippen molar-refractivity contribution in [3.05, 3.63) is 96.6 Å². The van der Waals surface area contributed by atoms with Crippen LogP contribution in [0.15, 0.2) is 91.0 Å². The third kappa shape index (κ3) is 4.82. The fraction of sp³-hybridized carbons (Fsp3) is 0.217. The van der Waals surface area contributed by atoms with E-state index in [1.165, 1.54) is 10.6 Å². The van der Waals surface area contributed by atoms with Gasteiger partial charge in [0, 0.05) is 12.6 Å². The lowest BCUT2D eigenvalue weighted by Gasteiger charge is -2.36. The van der Waals surface area contributed by atoms with Crippen molar-refractivity contribution in [2.75, 3.05) is 6.61 Å². The molecule has 3 aromatic rings. The first-order valence-corrected chi connectivity index (χ1v) is 10.6. The van der Waals surface area contributed by atoms with E-state index < -0.39 is 14.2 Å². The maximum Gasteiger partial charge on any atom is 0.163 e. The smallest absolute Gasteiger partial charge is 0.163 e. The summed E-state index contributed by atoms with van der Waals surface area (Å²) in [5.74, 6) is 0. The van der Waals surface area contributed by atoms with Gasteiger partial charge in [-0.15, -0.1) is 0 Å². The van der Waals surface area contributed by atoms with E-state index in [0.717, 1.165) is 5.56 Å². The zero-order valence-corrected chi connectivity index (χ0v) is 16.4. The van der Waals surface area contributed by atoms with E-state index in [0.29, 0.717) is 6.61 Å². The molecule has 0 spiro atoms. The molecule has 0 bridgehead atoms. The molecule has 3 atom stereocenters. The molecule has 3 unspecified atom stereocenters. The van der Waals surface area contributed by atoms with Crippen LogP contribution in [0.4, 0.5) is 0 Å². The molecule has 0 saturated heterocycles. The third-order valence-corrected chi connectivity index (χ3v) is 7.43. The molecule has 0 fully saturated rings. The summed E-state index contributed by atoms with van der Waals surface area (Å²) >= 11 is 0. The third-order valence-electron chi connectivity index (χ3n) is 4.55. The van der Waals surface area contributed by atoms with Gasteiger partial charge in [0.2, 0.25) is 0 Å². The summed E-state index contributed by atoms with van der Waals surface area (Å²) < 4.78 is 5.66. The van der Waals surface area contributed by atoms with Gasteiger partial charge in [0.25, 0.3) is 0 Å². The fourth-order valence-corrected chi connectivity index (χ4v) is 6.09. The molecular weight excluding hydrogens is 353 g/mol. The number of rotatable bonds is 8. The van der Waals surface area contributed by atoms with Crippen molar-refractivity contribution in [2.24, 2.45) is 5.73 Å². The predicted molar refractivity (Wildman–Crippen MR) is 114 cm³/mol. The van der Waals surface area contributed by atoms with Crippen LogP contribution in [0, 0.1) is 0 Å². The van der Waals surface area contributed by atoms with Crippen molar-refractivity contribution < 1.29 is 9.84 Å². The topological polar surface area (TPSA) is 55.5 Å². The van der Waals surface area contributed by atoms with Gasteiger partial charge in [0.05, 0.1) is 5.66 Å². The second-order valence-electron chi connectivity index (χ2n) is 6.31. The molecule has 0 radical (unpaired) electrons. The second-order valence-corrected chi connectivity index (χ2v) is 8.68. The van der Waals surface area contributed by atoms with Gasteiger partial charge in [-0.25, -0.2) is 0 Å². The Morgan fingerprint density at radius 3 is 1.70 bits per heavy atom. The molecule has 0 aliphatic heterocycles. The van der Waals surface area contributed by atoms with Crippen LogP contribution in [0.2, 0.25) is 0 Å². The monoisotopic (exact) mass is 379 g/mol. The normalized spacial score (nSPS) is 14.7. The Labute approximate surface area is 162 Å². The van der Waals surface area contributed by atoms with Gasteiger partial charge in [0.15, 0.2) is 6.29 Å². The van der Waals surface area contributed by atoms with Gasteiger partial charge in [-0.2, -0.15) is 0 Å². The molecule has 0 aromatic heterocycles. The number of benzene rings is 3. The fourth-order valence-electron chi connectivity index (χ4n) is 3.28. The van der Waals surface area contributed by atoms with Crippen LogP contribution in [0.5, 0.6) is 0 Å². The molecule has 27 heavy (non-hydrogen) atoms. The molecule has 3 rings (SSSR count). The highest BCUT2D eigenvalue weighted by atomic mass is 31.1. The largest absolute Gasteiger partial charge is 0.367 e. The quantitative estimate of drug-likeness (QED) is 0.465. The van der Waals surface area contributed by atoms with Crippen LogP contribution in [0.3, 0.4) is 0 Å². The molecule has 0 aliphatic carbocycles. The molecule has 3 aromatic carbocycles. The van der Waals surface area contributed by atoms with Crippen LogP contribution >= 0.6 is 7.92 Å². The Balaban J connectivity index is 2.10. The highest BCUT2D eigenvalue weighted by molar-refractivity contribution is 7.73. The number of ether oxygens (including phenoxy) is 1. The molecule has 3 nitrogen and oxygen atoms in total. The van der Waals surface area contributed by atoms with Crippen LogP contribution in [-0.4, -0.2) is 23.7 Å². The number of nitrogens with two attached hydrogens (primary N) is 1. The van der Waals surface area contributed by atoms with Crippen LogP contribution in [0.25, 0.3) is 0 Å². The minimum atomic E-state index is -0.947. The lowest BCUT2D eigenvalue weighted by molar-refractivity contribution is -0.0980. The van der Waals surface area contributed by atoms with Crippen molar-refractivity contribution >= 4 is 18.5 Å². The molecule has 0 amide bonds. The Hall–Kier alpha value is -2.03. The van der Waals surface area contributed by atoms with Crippen molar-refractivity contribution in [3.63, 3.8) is 0 Å². The lowest BCUT2D eigenvalue weighted by Crippen LogP contribution is -2.41. The zero-order valence-electron chi connectivity index (χ0n) is 15.5. The number of aliphatic hydroxyl groups excluding tert-OH is 1. The highest BCUT2D eigenvalue weighted by Gasteiger charge is 2.36. The summed E-state index contributed by atoms with van der Waals surface area (Å²) in [7, 11) is -0.928. The van der Waals surface area contributed by atoms with E-state index in [9.17, 15) is 5.11 Å². The lowest BCUT2D eigenvalue weighted by atomic mass is 10.0. The SMILES string of the molecule is CCOC(O)C(C(N)c1ccccc1)P(c1ccccc1)c1ccccc1. The summed E-state index contributed by atoms with van der Waals surface area (Å²) in [6, 6.07) is 30.2. The van der Waals surface area contributed by atoms with Crippen molar-refractivity contribution in [3.8, 4) is 0 Å². The van der Waals surface area contributed by atoms with E-state index in [1.54, 1.807) is 0 Å². The Morgan fingerprint density at radius 2 is 1.26 bits per heavy atom. The van der Waals surface area contributed by atoms with Crippen molar-refractivity contribution in [2.45, 2.75) is 24.9 Å². The molecule has 0 heterocycles. The average molecular weight is 379 g/mol. The maximum absolute atomic E-state index is 10.9. The van der Waals surface area contributed by atoms with E-state index in [4.69, 9.17) is 10.5 Å². The number of hydrogen-bond acceptors (Lipinski definition) is 3. The zero-order chi connectivity index (χ0) is 19.1. The molecular formula is C23H26NO2P. The molecule has 0 aliphatic rings. The maximum atomic E-state index is 10.9. The molecule has 3 N–H and O–H groups in total. The van der Waals surface area contributed by atoms with Gasteiger partial charge in [-0.3, -0.25) is 0 Å². The molecule has 4 heteroatoms. The van der Waals surface area contributed by atoms with Crippen molar-refractivity contribution in [1.82, 2.24) is 0 Å². The standard InChI is InChI=1S/C23H26NO2P/c1-2-26-23(25)22(21(24)18-12-6-3-7-13-18)27(19-14-8-4-9-15-19)20-16-10-5-11-17-20/h3-17,21-23,25H,2,24H2,1H3. The predicted octanol–water partition coefficient (Wildman–Crippen LogP) is 3.54. The average Bonchev–Trinajstić information content (AvgIpc) is 2.73. The van der Waals surface area contributed by atoms with E-state index in [2.05, 4.69) is 24.3 Å². The summed E-state index contributed by atoms with van der Waals surface area (Å²) in [5.41, 5.74) is 7.45. The van der Waals surface area contributed by atoms with Gasteiger partial charge in [-0.05, 0) is 31.0 Å². The van der Waals surface area contributed by atoms with E-state index in [1.807, 2.05) is 73.7 Å². The summed E-state index contributed by atoms with van der Waals surface area (Å²) in [5, 5.41) is 13.3. The second kappa shape index (κ2) is 9.77. The number of hydrogen-bond donors (Lipinski definition) is 2. The summed E-state index contributed by atoms with van der Waals surface area (Å²) in [6.45, 7) is 2.33. The first-order chi connectivity index (χ1) is 13.2. The first kappa shape index (κ1) is 19.7. The van der Waals surface area contributed by atoms with E-state index in [-0.39, 0.29) is 11.7 Å². The van der Waals surface area contributed by atoms with Crippen LogP contribution < -0.4 is 16.3 Å².